The van der Waals surface area contributed by atoms with Crippen LogP contribution in [0.4, 0.5) is 0 Å². The largest absolute Gasteiger partial charge is 0.292 e. The molecule has 2 aliphatic rings. The summed E-state index contributed by atoms with van der Waals surface area (Å²) >= 11 is 0. The molecule has 1 heterocycles. The van der Waals surface area contributed by atoms with Crippen LogP contribution in [0, 0.1) is 5.92 Å². The predicted octanol–water partition coefficient (Wildman–Crippen LogP) is 13.9. The van der Waals surface area contributed by atoms with Gasteiger partial charge in [0.1, 0.15) is 5.82 Å². The van der Waals surface area contributed by atoms with Gasteiger partial charge in [-0.15, -0.1) is 0 Å². The molecular weight excluding hydrogens is 665 g/mol. The number of para-hydroxylation sites is 3. The van der Waals surface area contributed by atoms with Crippen LogP contribution in [0.1, 0.15) is 12.0 Å². The molecule has 0 spiro atoms. The van der Waals surface area contributed by atoms with Crippen LogP contribution < -0.4 is 0 Å². The first-order chi connectivity index (χ1) is 27.3. The maximum absolute atomic E-state index is 5.12. The molecule has 0 radical (unpaired) electrons. The molecule has 0 amide bonds. The lowest BCUT2D eigenvalue weighted by molar-refractivity contribution is 0.783. The Morgan fingerprint density at radius 3 is 2.07 bits per heavy atom. The highest BCUT2D eigenvalue weighted by Gasteiger charge is 2.22. The third kappa shape index (κ3) is 5.29. The molecule has 2 nitrogen and oxygen atoms in total. The quantitative estimate of drug-likeness (QED) is 0.163. The number of fused-ring (bicyclic) bond motifs is 5. The maximum Gasteiger partial charge on any atom is 0.145 e. The minimum Gasteiger partial charge on any atom is -0.292 e. The van der Waals surface area contributed by atoms with Gasteiger partial charge in [0.2, 0.25) is 0 Å². The lowest BCUT2D eigenvalue weighted by atomic mass is 9.80. The third-order valence-electron chi connectivity index (χ3n) is 11.5. The van der Waals surface area contributed by atoms with Gasteiger partial charge in [0, 0.05) is 17.2 Å². The molecule has 2 heteroatoms. The number of rotatable bonds is 5. The van der Waals surface area contributed by atoms with Crippen LogP contribution in [0.3, 0.4) is 0 Å². The van der Waals surface area contributed by atoms with Gasteiger partial charge in [-0.2, -0.15) is 0 Å². The minimum atomic E-state index is 0.395. The molecule has 0 aliphatic heterocycles. The zero-order chi connectivity index (χ0) is 36.3. The lowest BCUT2D eigenvalue weighted by Crippen LogP contribution is -2.06. The molecule has 55 heavy (non-hydrogen) atoms. The number of hydrogen-bond acceptors (Lipinski definition) is 1. The Kier molecular flexibility index (Phi) is 7.34. The Hall–Kier alpha value is -7.03. The van der Waals surface area contributed by atoms with Gasteiger partial charge in [-0.3, -0.25) is 4.57 Å². The zero-order valence-electron chi connectivity index (χ0n) is 30.2. The van der Waals surface area contributed by atoms with Gasteiger partial charge in [-0.05, 0) is 114 Å². The first-order valence-corrected chi connectivity index (χ1v) is 19.2. The summed E-state index contributed by atoms with van der Waals surface area (Å²) in [4.78, 5) is 5.12. The second-order valence-corrected chi connectivity index (χ2v) is 14.7. The Bertz CT molecular complexity index is 3100. The van der Waals surface area contributed by atoms with Crippen LogP contribution in [-0.4, -0.2) is 9.55 Å². The summed E-state index contributed by atoms with van der Waals surface area (Å²) in [5.74, 6) is 1.33. The highest BCUT2D eigenvalue weighted by atomic mass is 15.1. The van der Waals surface area contributed by atoms with Gasteiger partial charge in [0.25, 0.3) is 0 Å². The Labute approximate surface area is 320 Å². The summed E-state index contributed by atoms with van der Waals surface area (Å²) < 4.78 is 2.26. The molecule has 0 bridgehead atoms. The molecule has 2 aliphatic carbocycles. The normalized spacial score (nSPS) is 15.1. The summed E-state index contributed by atoms with van der Waals surface area (Å²) in [6.07, 6.45) is 14.9. The number of nitrogens with zero attached hydrogens (tertiary/aromatic N) is 2. The van der Waals surface area contributed by atoms with E-state index in [-0.39, 0.29) is 0 Å². The summed E-state index contributed by atoms with van der Waals surface area (Å²) in [6, 6.07) is 59.5. The fourth-order valence-electron chi connectivity index (χ4n) is 8.83. The van der Waals surface area contributed by atoms with Gasteiger partial charge >= 0.3 is 0 Å². The van der Waals surface area contributed by atoms with Gasteiger partial charge in [-0.1, -0.05) is 164 Å². The molecule has 1 atom stereocenters. The number of benzene rings is 8. The minimum absolute atomic E-state index is 0.395. The van der Waals surface area contributed by atoms with Crippen molar-refractivity contribution in [2.75, 3.05) is 0 Å². The van der Waals surface area contributed by atoms with E-state index in [1.54, 1.807) is 0 Å². The molecule has 1 unspecified atom stereocenters. The van der Waals surface area contributed by atoms with E-state index >= 15 is 0 Å². The molecule has 258 valence electrons. The van der Waals surface area contributed by atoms with E-state index in [0.29, 0.717) is 5.92 Å². The van der Waals surface area contributed by atoms with Gasteiger partial charge in [0.15, 0.2) is 0 Å². The monoisotopic (exact) mass is 700 g/mol. The molecule has 0 saturated carbocycles. The van der Waals surface area contributed by atoms with Gasteiger partial charge < -0.3 is 0 Å². The van der Waals surface area contributed by atoms with Crippen LogP contribution in [0.15, 0.2) is 206 Å². The van der Waals surface area contributed by atoms with Crippen molar-refractivity contribution in [3.05, 3.63) is 211 Å². The van der Waals surface area contributed by atoms with Crippen molar-refractivity contribution in [1.82, 2.24) is 9.55 Å². The molecule has 0 N–H and O–H groups in total. The Morgan fingerprint density at radius 2 is 1.20 bits per heavy atom. The highest BCUT2D eigenvalue weighted by molar-refractivity contribution is 6.20. The topological polar surface area (TPSA) is 17.8 Å². The second-order valence-electron chi connectivity index (χ2n) is 14.7. The predicted molar refractivity (Wildman–Crippen MR) is 232 cm³/mol. The van der Waals surface area contributed by atoms with Crippen molar-refractivity contribution in [1.29, 1.82) is 0 Å². The Morgan fingerprint density at radius 1 is 0.509 bits per heavy atom. The molecule has 1 aromatic heterocycles. The van der Waals surface area contributed by atoms with Crippen LogP contribution in [0.25, 0.3) is 88.3 Å². The van der Waals surface area contributed by atoms with Crippen molar-refractivity contribution in [3.8, 4) is 39.3 Å². The van der Waals surface area contributed by atoms with Crippen LogP contribution >= 0.6 is 0 Å². The number of imidazole rings is 1. The average molecular weight is 701 g/mol. The standard InChI is InChI=1S/C53H36N2/c1-2-16-44(17-3-1)55-50-21-11-10-20-49(50)54-53(55)38-26-22-37(23-27-38)41-30-31-47-48(34-41)52(43-29-25-36-13-5-7-15-40(36)33-43)46-19-9-8-18-45(46)51(47)42-28-24-35-12-4-6-14-39(35)32-42/h1-13,15-34,39H,14H2. The zero-order valence-corrected chi connectivity index (χ0v) is 30.2. The average Bonchev–Trinajstić information content (AvgIpc) is 3.65. The first-order valence-electron chi connectivity index (χ1n) is 19.2. The number of aromatic nitrogens is 2. The number of hydrogen-bond donors (Lipinski definition) is 0. The molecule has 11 rings (SSSR count). The third-order valence-corrected chi connectivity index (χ3v) is 11.5. The maximum atomic E-state index is 5.12. The van der Waals surface area contributed by atoms with Crippen molar-refractivity contribution in [3.63, 3.8) is 0 Å². The fraction of sp³-hybridized carbons (Fsp3) is 0.0377. The smallest absolute Gasteiger partial charge is 0.145 e. The van der Waals surface area contributed by atoms with E-state index in [4.69, 9.17) is 4.98 Å². The summed E-state index contributed by atoms with van der Waals surface area (Å²) in [5, 5.41) is 7.58. The first kappa shape index (κ1) is 31.5. The lowest BCUT2D eigenvalue weighted by Gasteiger charge is -2.24. The van der Waals surface area contributed by atoms with Crippen molar-refractivity contribution >= 4 is 48.9 Å². The molecule has 0 saturated heterocycles. The van der Waals surface area contributed by atoms with E-state index < -0.39 is 0 Å². The fourth-order valence-corrected chi connectivity index (χ4v) is 8.83. The van der Waals surface area contributed by atoms with E-state index in [0.717, 1.165) is 34.5 Å². The van der Waals surface area contributed by atoms with E-state index in [9.17, 15) is 0 Å². The van der Waals surface area contributed by atoms with Gasteiger partial charge in [0.05, 0.1) is 11.0 Å². The van der Waals surface area contributed by atoms with Crippen molar-refractivity contribution in [2.45, 2.75) is 6.42 Å². The Balaban J connectivity index is 1.11. The van der Waals surface area contributed by atoms with Crippen LogP contribution in [-0.2, 0) is 0 Å². The van der Waals surface area contributed by atoms with Crippen molar-refractivity contribution in [2.24, 2.45) is 5.92 Å². The van der Waals surface area contributed by atoms with Gasteiger partial charge in [-0.25, -0.2) is 4.98 Å². The van der Waals surface area contributed by atoms with E-state index in [1.807, 2.05) is 0 Å². The van der Waals surface area contributed by atoms with Crippen molar-refractivity contribution < 1.29 is 0 Å². The van der Waals surface area contributed by atoms with Crippen LogP contribution in [0.5, 0.6) is 0 Å². The number of allylic oxidation sites excluding steroid dienone is 8. The SMILES string of the molecule is C1=CCC2C=C(c3c4ccccc4c(-c4ccc5ccccc5c4)c4cc(-c5ccc(-c6nc7ccccc7n6-c6ccccc6)cc5)ccc34)C=CC2=C1. The molecule has 9 aromatic rings. The highest BCUT2D eigenvalue weighted by Crippen LogP contribution is 2.46. The van der Waals surface area contributed by atoms with E-state index in [2.05, 4.69) is 205 Å². The molecule has 0 fully saturated rings. The molecule has 8 aromatic carbocycles. The van der Waals surface area contributed by atoms with E-state index in [1.165, 1.54) is 71.3 Å². The summed E-state index contributed by atoms with van der Waals surface area (Å²) in [5.41, 5.74) is 13.1. The second kappa shape index (κ2) is 12.8. The van der Waals surface area contributed by atoms with Crippen LogP contribution in [0.2, 0.25) is 0 Å². The summed E-state index contributed by atoms with van der Waals surface area (Å²) in [6.45, 7) is 0. The molecular formula is C53H36N2. The summed E-state index contributed by atoms with van der Waals surface area (Å²) in [7, 11) is 0.